The standard InChI is InChI=1S/C14H22N2O2S/c1-11(17)3-6-15(2)10-14(18)16-7-4-13-12(9-16)5-8-19-13/h5,8,11,17H,3-4,6-7,9-10H2,1-2H3. The molecule has 5 heteroatoms. The minimum Gasteiger partial charge on any atom is -0.393 e. The molecule has 1 unspecified atom stereocenters. The molecule has 0 saturated heterocycles. The van der Waals surface area contributed by atoms with E-state index in [0.717, 1.165) is 26.1 Å². The molecule has 4 nitrogen and oxygen atoms in total. The molecule has 2 heterocycles. The van der Waals surface area contributed by atoms with Crippen molar-refractivity contribution >= 4 is 17.2 Å². The van der Waals surface area contributed by atoms with Gasteiger partial charge in [0.15, 0.2) is 0 Å². The van der Waals surface area contributed by atoms with Gasteiger partial charge in [0.25, 0.3) is 0 Å². The minimum atomic E-state index is -0.305. The lowest BCUT2D eigenvalue weighted by molar-refractivity contribution is -0.133. The molecule has 19 heavy (non-hydrogen) atoms. The van der Waals surface area contributed by atoms with Gasteiger partial charge in [-0.3, -0.25) is 9.69 Å². The molecule has 2 rings (SSSR count). The fraction of sp³-hybridized carbons (Fsp3) is 0.643. The average molecular weight is 282 g/mol. The van der Waals surface area contributed by atoms with E-state index in [2.05, 4.69) is 11.4 Å². The molecule has 1 aromatic heterocycles. The number of thiophene rings is 1. The van der Waals surface area contributed by atoms with E-state index in [1.807, 2.05) is 16.8 Å². The smallest absolute Gasteiger partial charge is 0.237 e. The number of hydrogen-bond acceptors (Lipinski definition) is 4. The van der Waals surface area contributed by atoms with E-state index < -0.39 is 0 Å². The summed E-state index contributed by atoms with van der Waals surface area (Å²) in [6.07, 6.45) is 1.38. The first-order chi connectivity index (χ1) is 9.06. The number of rotatable bonds is 5. The molecule has 0 saturated carbocycles. The lowest BCUT2D eigenvalue weighted by atomic mass is 10.1. The highest BCUT2D eigenvalue weighted by Gasteiger charge is 2.22. The van der Waals surface area contributed by atoms with E-state index in [0.29, 0.717) is 13.0 Å². The predicted octanol–water partition coefficient (Wildman–Crippen LogP) is 1.34. The first-order valence-corrected chi connectivity index (χ1v) is 7.64. The molecule has 0 fully saturated rings. The van der Waals surface area contributed by atoms with Crippen LogP contribution in [0.1, 0.15) is 23.8 Å². The first-order valence-electron chi connectivity index (χ1n) is 6.76. The Morgan fingerprint density at radius 2 is 2.42 bits per heavy atom. The zero-order chi connectivity index (χ0) is 13.8. The van der Waals surface area contributed by atoms with Crippen molar-refractivity contribution in [3.63, 3.8) is 0 Å². The zero-order valence-corrected chi connectivity index (χ0v) is 12.4. The molecule has 0 radical (unpaired) electrons. The van der Waals surface area contributed by atoms with Crippen LogP contribution in [0.5, 0.6) is 0 Å². The number of amides is 1. The quantitative estimate of drug-likeness (QED) is 0.886. The van der Waals surface area contributed by atoms with E-state index in [1.165, 1.54) is 10.4 Å². The van der Waals surface area contributed by atoms with Crippen molar-refractivity contribution in [2.75, 3.05) is 26.7 Å². The van der Waals surface area contributed by atoms with Crippen LogP contribution in [-0.2, 0) is 17.8 Å². The van der Waals surface area contributed by atoms with Crippen LogP contribution in [0.2, 0.25) is 0 Å². The molecule has 1 atom stereocenters. The third-order valence-electron chi connectivity index (χ3n) is 3.49. The molecule has 0 aliphatic carbocycles. The Morgan fingerprint density at radius 3 is 3.16 bits per heavy atom. The lowest BCUT2D eigenvalue weighted by Crippen LogP contribution is -2.41. The first kappa shape index (κ1) is 14.5. The molecule has 1 aromatic rings. The average Bonchev–Trinajstić information content (AvgIpc) is 2.83. The van der Waals surface area contributed by atoms with E-state index >= 15 is 0 Å². The van der Waals surface area contributed by atoms with Crippen LogP contribution in [0.3, 0.4) is 0 Å². The monoisotopic (exact) mass is 282 g/mol. The summed E-state index contributed by atoms with van der Waals surface area (Å²) in [5.74, 6) is 0.185. The highest BCUT2D eigenvalue weighted by Crippen LogP contribution is 2.23. The van der Waals surface area contributed by atoms with E-state index in [-0.39, 0.29) is 12.0 Å². The molecule has 0 bridgehead atoms. The second-order valence-electron chi connectivity index (χ2n) is 5.31. The summed E-state index contributed by atoms with van der Waals surface area (Å²) in [6, 6.07) is 2.12. The summed E-state index contributed by atoms with van der Waals surface area (Å²) in [5, 5.41) is 11.4. The molecule has 106 valence electrons. The van der Waals surface area contributed by atoms with Crippen molar-refractivity contribution in [3.05, 3.63) is 21.9 Å². The van der Waals surface area contributed by atoms with Crippen LogP contribution in [-0.4, -0.2) is 53.6 Å². The highest BCUT2D eigenvalue weighted by molar-refractivity contribution is 7.10. The number of aliphatic hydroxyl groups excluding tert-OH is 1. The molecule has 1 amide bonds. The third kappa shape index (κ3) is 4.03. The largest absolute Gasteiger partial charge is 0.393 e. The van der Waals surface area contributed by atoms with Crippen molar-refractivity contribution < 1.29 is 9.90 Å². The lowest BCUT2D eigenvalue weighted by Gasteiger charge is -2.29. The van der Waals surface area contributed by atoms with Crippen LogP contribution < -0.4 is 0 Å². The Kier molecular flexibility index (Phi) is 4.96. The van der Waals surface area contributed by atoms with Crippen LogP contribution in [0, 0.1) is 0 Å². The predicted molar refractivity (Wildman–Crippen MR) is 77.2 cm³/mol. The van der Waals surface area contributed by atoms with E-state index in [4.69, 9.17) is 0 Å². The normalized spacial score (nSPS) is 16.5. The van der Waals surface area contributed by atoms with Crippen molar-refractivity contribution in [2.24, 2.45) is 0 Å². The Morgan fingerprint density at radius 1 is 1.63 bits per heavy atom. The molecule has 0 aromatic carbocycles. The molecule has 1 aliphatic heterocycles. The van der Waals surface area contributed by atoms with Gasteiger partial charge in [0, 0.05) is 24.5 Å². The van der Waals surface area contributed by atoms with Gasteiger partial charge in [-0.05, 0) is 43.8 Å². The van der Waals surface area contributed by atoms with Crippen LogP contribution in [0.25, 0.3) is 0 Å². The molecule has 1 aliphatic rings. The number of aliphatic hydroxyl groups is 1. The topological polar surface area (TPSA) is 43.8 Å². The maximum atomic E-state index is 12.2. The van der Waals surface area contributed by atoms with Gasteiger partial charge < -0.3 is 10.0 Å². The van der Waals surface area contributed by atoms with Crippen molar-refractivity contribution in [2.45, 2.75) is 32.4 Å². The maximum absolute atomic E-state index is 12.2. The fourth-order valence-electron chi connectivity index (χ4n) is 2.28. The maximum Gasteiger partial charge on any atom is 0.237 e. The van der Waals surface area contributed by atoms with Gasteiger partial charge in [-0.2, -0.15) is 0 Å². The van der Waals surface area contributed by atoms with Gasteiger partial charge in [0.1, 0.15) is 0 Å². The van der Waals surface area contributed by atoms with Crippen LogP contribution in [0.15, 0.2) is 11.4 Å². The summed E-state index contributed by atoms with van der Waals surface area (Å²) < 4.78 is 0. The third-order valence-corrected chi connectivity index (χ3v) is 4.52. The molecule has 0 spiro atoms. The van der Waals surface area contributed by atoms with Gasteiger partial charge in [-0.1, -0.05) is 0 Å². The summed E-state index contributed by atoms with van der Waals surface area (Å²) in [5.41, 5.74) is 1.30. The van der Waals surface area contributed by atoms with E-state index in [1.54, 1.807) is 18.3 Å². The van der Waals surface area contributed by atoms with Gasteiger partial charge in [0.2, 0.25) is 5.91 Å². The number of carbonyl (C=O) groups excluding carboxylic acids is 1. The number of likely N-dealkylation sites (N-methyl/N-ethyl adjacent to an activating group) is 1. The summed E-state index contributed by atoms with van der Waals surface area (Å²) in [6.45, 7) is 4.55. The van der Waals surface area contributed by atoms with Gasteiger partial charge in [-0.25, -0.2) is 0 Å². The van der Waals surface area contributed by atoms with Crippen LogP contribution >= 0.6 is 11.3 Å². The van der Waals surface area contributed by atoms with Gasteiger partial charge in [-0.15, -0.1) is 11.3 Å². The van der Waals surface area contributed by atoms with Gasteiger partial charge >= 0.3 is 0 Å². The highest BCUT2D eigenvalue weighted by atomic mass is 32.1. The number of hydrogen-bond donors (Lipinski definition) is 1. The summed E-state index contributed by atoms with van der Waals surface area (Å²) >= 11 is 1.79. The van der Waals surface area contributed by atoms with E-state index in [9.17, 15) is 9.90 Å². The van der Waals surface area contributed by atoms with Crippen molar-refractivity contribution in [3.8, 4) is 0 Å². The Hall–Kier alpha value is -0.910. The zero-order valence-electron chi connectivity index (χ0n) is 11.6. The number of fused-ring (bicyclic) bond motifs is 1. The summed E-state index contributed by atoms with van der Waals surface area (Å²) in [4.78, 5) is 17.6. The molecule has 1 N–H and O–H groups in total. The fourth-order valence-corrected chi connectivity index (χ4v) is 3.17. The number of carbonyl (C=O) groups is 1. The Labute approximate surface area is 118 Å². The molecular formula is C14H22N2O2S. The molecular weight excluding hydrogens is 260 g/mol. The van der Waals surface area contributed by atoms with Crippen LogP contribution in [0.4, 0.5) is 0 Å². The second kappa shape index (κ2) is 6.50. The minimum absolute atomic E-state index is 0.185. The van der Waals surface area contributed by atoms with Gasteiger partial charge in [0.05, 0.1) is 12.6 Å². The van der Waals surface area contributed by atoms with Crippen molar-refractivity contribution in [1.82, 2.24) is 9.80 Å². The van der Waals surface area contributed by atoms with Crippen molar-refractivity contribution in [1.29, 1.82) is 0 Å². The summed E-state index contributed by atoms with van der Waals surface area (Å²) in [7, 11) is 1.93. The Bertz CT molecular complexity index is 431. The number of nitrogens with zero attached hydrogens (tertiary/aromatic N) is 2. The SMILES string of the molecule is CC(O)CCN(C)CC(=O)N1CCc2sccc2C1. The second-order valence-corrected chi connectivity index (χ2v) is 6.31. The Balaban J connectivity index is 1.81.